The number of benzene rings is 1. The zero-order valence-electron chi connectivity index (χ0n) is 21.9. The lowest BCUT2D eigenvalue weighted by atomic mass is 10.2. The molecule has 1 fully saturated rings. The van der Waals surface area contributed by atoms with Gasteiger partial charge in [0.15, 0.2) is 0 Å². The molecule has 6 rings (SSSR count). The van der Waals surface area contributed by atoms with Crippen LogP contribution < -0.4 is 20.9 Å². The Morgan fingerprint density at radius 2 is 1.93 bits per heavy atom. The fraction of sp³-hybridized carbons (Fsp3) is 0.200. The number of ether oxygens (including phenoxy) is 1. The summed E-state index contributed by atoms with van der Waals surface area (Å²) in [5.41, 5.74) is 3.96. The van der Waals surface area contributed by atoms with E-state index in [0.29, 0.717) is 33.9 Å². The van der Waals surface area contributed by atoms with Gasteiger partial charge < -0.3 is 20.4 Å². The summed E-state index contributed by atoms with van der Waals surface area (Å²) < 4.78 is 7.90. The number of aromatic amines is 1. The molecule has 40 heavy (non-hydrogen) atoms. The van der Waals surface area contributed by atoms with E-state index in [9.17, 15) is 9.59 Å². The Bertz CT molecular complexity index is 1820. The van der Waals surface area contributed by atoms with Crippen LogP contribution in [0.1, 0.15) is 34.5 Å². The van der Waals surface area contributed by atoms with Crippen molar-refractivity contribution in [3.8, 4) is 17.3 Å². The number of hydrogen-bond donors (Lipinski definition) is 3. The van der Waals surface area contributed by atoms with Crippen LogP contribution in [0.15, 0.2) is 67.5 Å². The first-order valence-electron chi connectivity index (χ1n) is 13.0. The van der Waals surface area contributed by atoms with Gasteiger partial charge in [-0.15, -0.1) is 11.3 Å². The molecule has 9 nitrogen and oxygen atoms in total. The van der Waals surface area contributed by atoms with Crippen LogP contribution in [0.2, 0.25) is 0 Å². The van der Waals surface area contributed by atoms with Gasteiger partial charge in [0.25, 0.3) is 5.91 Å². The summed E-state index contributed by atoms with van der Waals surface area (Å²) in [7, 11) is 0. The summed E-state index contributed by atoms with van der Waals surface area (Å²) in [6.07, 6.45) is 7.05. The minimum atomic E-state index is -0.194. The standard InChI is InChI=1S/C30H28N6O3S/c1-4-24(37)34-19-10-11-20(15-19)35-29(38)28-27-26-22(12-13-31-30(26)40-28)36(18(3)33-27)23-16-32-25(14-17(23)2)39-21-8-6-5-7-9-21/h4-9,12-14,16,19-20,33H,1,3,10-11,15H2,2H3,(H,34,37)(H,35,38)/t19-,20?/m0/s1. The monoisotopic (exact) mass is 552 g/mol. The second-order valence-corrected chi connectivity index (χ2v) is 10.8. The van der Waals surface area contributed by atoms with Crippen molar-refractivity contribution in [2.75, 3.05) is 0 Å². The molecule has 4 aromatic heterocycles. The number of H-pyrrole nitrogens is 1. The van der Waals surface area contributed by atoms with Crippen molar-refractivity contribution >= 4 is 51.0 Å². The first-order valence-corrected chi connectivity index (χ1v) is 13.8. The molecule has 3 N–H and O–H groups in total. The molecule has 0 radical (unpaired) electrons. The Labute approximate surface area is 234 Å². The number of hydrogen-bond acceptors (Lipinski definition) is 6. The largest absolute Gasteiger partial charge is 0.439 e. The number of nitrogens with zero attached hydrogens (tertiary/aromatic N) is 3. The molecular formula is C30H28N6O3S. The first-order chi connectivity index (χ1) is 19.4. The highest BCUT2D eigenvalue weighted by Gasteiger charge is 2.28. The number of para-hydroxylation sites is 1. The number of pyridine rings is 2. The molecule has 0 aliphatic heterocycles. The van der Waals surface area contributed by atoms with Gasteiger partial charge in [-0.3, -0.25) is 14.2 Å². The molecule has 0 bridgehead atoms. The Hall–Kier alpha value is -4.70. The molecule has 202 valence electrons. The molecule has 0 saturated heterocycles. The van der Waals surface area contributed by atoms with Gasteiger partial charge in [0.2, 0.25) is 11.8 Å². The highest BCUT2D eigenvalue weighted by Crippen LogP contribution is 2.34. The number of carbonyl (C=O) groups excluding carboxylic acids is 2. The number of aryl methyl sites for hydroxylation is 1. The third kappa shape index (κ3) is 4.77. The maximum Gasteiger partial charge on any atom is 0.263 e. The van der Waals surface area contributed by atoms with Crippen LogP contribution in [0.25, 0.3) is 33.5 Å². The van der Waals surface area contributed by atoms with Crippen LogP contribution in [0.4, 0.5) is 0 Å². The second kappa shape index (κ2) is 10.5. The van der Waals surface area contributed by atoms with E-state index >= 15 is 0 Å². The Morgan fingerprint density at radius 1 is 1.15 bits per heavy atom. The topological polar surface area (TPSA) is 114 Å². The van der Waals surface area contributed by atoms with Crippen molar-refractivity contribution in [3.05, 3.63) is 83.4 Å². The number of rotatable bonds is 7. The maximum absolute atomic E-state index is 13.4. The van der Waals surface area contributed by atoms with Crippen molar-refractivity contribution in [1.82, 2.24) is 30.2 Å². The number of nitrogens with one attached hydrogen (secondary N) is 3. The van der Waals surface area contributed by atoms with E-state index in [0.717, 1.165) is 39.8 Å². The average Bonchev–Trinajstić information content (AvgIpc) is 3.55. The molecule has 1 saturated carbocycles. The lowest BCUT2D eigenvalue weighted by molar-refractivity contribution is -0.117. The Balaban J connectivity index is 1.32. The minimum Gasteiger partial charge on any atom is -0.439 e. The molecule has 1 aliphatic rings. The van der Waals surface area contributed by atoms with Gasteiger partial charge in [-0.2, -0.15) is 0 Å². The smallest absolute Gasteiger partial charge is 0.263 e. The van der Waals surface area contributed by atoms with Gasteiger partial charge in [-0.1, -0.05) is 31.4 Å². The van der Waals surface area contributed by atoms with E-state index in [4.69, 9.17) is 4.74 Å². The SMILES string of the molecule is C=CC(=O)N[C@H]1CCC(NC(=O)c2sc3nccc4c3c2[nH]c(=C)n4-c2cnc(Oc3ccccc3)cc2C)C1. The lowest BCUT2D eigenvalue weighted by Gasteiger charge is -2.16. The van der Waals surface area contributed by atoms with E-state index in [-0.39, 0.29) is 23.9 Å². The van der Waals surface area contributed by atoms with Crippen molar-refractivity contribution < 1.29 is 14.3 Å². The van der Waals surface area contributed by atoms with Crippen molar-refractivity contribution in [3.63, 3.8) is 0 Å². The highest BCUT2D eigenvalue weighted by atomic mass is 32.1. The molecule has 5 aromatic rings. The Morgan fingerprint density at radius 3 is 2.67 bits per heavy atom. The van der Waals surface area contributed by atoms with Gasteiger partial charge in [0.05, 0.1) is 28.3 Å². The lowest BCUT2D eigenvalue weighted by Crippen LogP contribution is -2.36. The highest BCUT2D eigenvalue weighted by molar-refractivity contribution is 7.21. The van der Waals surface area contributed by atoms with E-state index in [1.54, 1.807) is 12.4 Å². The molecule has 1 unspecified atom stereocenters. The number of thiophene rings is 1. The molecule has 1 aromatic carbocycles. The van der Waals surface area contributed by atoms with Crippen molar-refractivity contribution in [2.24, 2.45) is 0 Å². The zero-order valence-corrected chi connectivity index (χ0v) is 22.8. The van der Waals surface area contributed by atoms with E-state index in [1.807, 2.05) is 54.0 Å². The fourth-order valence-corrected chi connectivity index (χ4v) is 6.29. The van der Waals surface area contributed by atoms with Gasteiger partial charge in [0, 0.05) is 24.3 Å². The predicted molar refractivity (Wildman–Crippen MR) is 157 cm³/mol. The maximum atomic E-state index is 13.4. The van der Waals surface area contributed by atoms with Crippen LogP contribution in [0.5, 0.6) is 11.6 Å². The van der Waals surface area contributed by atoms with Crippen LogP contribution in [-0.2, 0) is 4.79 Å². The molecular weight excluding hydrogens is 524 g/mol. The zero-order chi connectivity index (χ0) is 27.8. The molecule has 10 heteroatoms. The number of amides is 2. The summed E-state index contributed by atoms with van der Waals surface area (Å²) in [4.78, 5) is 38.9. The molecule has 1 aliphatic carbocycles. The third-order valence-electron chi connectivity index (χ3n) is 7.12. The van der Waals surface area contributed by atoms with Gasteiger partial charge in [0.1, 0.15) is 20.9 Å². The summed E-state index contributed by atoms with van der Waals surface area (Å²) in [6, 6.07) is 13.3. The van der Waals surface area contributed by atoms with Crippen LogP contribution in [0.3, 0.4) is 0 Å². The second-order valence-electron chi connectivity index (χ2n) is 9.84. The van der Waals surface area contributed by atoms with Crippen molar-refractivity contribution in [1.29, 1.82) is 0 Å². The van der Waals surface area contributed by atoms with Crippen LogP contribution in [-0.4, -0.2) is 43.4 Å². The van der Waals surface area contributed by atoms with Crippen LogP contribution in [0, 0.1) is 6.92 Å². The first kappa shape index (κ1) is 25.6. The molecule has 4 heterocycles. The minimum absolute atomic E-state index is 0.0256. The van der Waals surface area contributed by atoms with Gasteiger partial charge in [-0.05, 0) is 56.0 Å². The summed E-state index contributed by atoms with van der Waals surface area (Å²) in [5, 5.41) is 6.93. The van der Waals surface area contributed by atoms with E-state index in [2.05, 4.69) is 38.7 Å². The quantitative estimate of drug-likeness (QED) is 0.253. The molecule has 0 spiro atoms. The average molecular weight is 553 g/mol. The number of aromatic nitrogens is 4. The molecule has 2 atom stereocenters. The summed E-state index contributed by atoms with van der Waals surface area (Å²) in [5.74, 6) is 0.848. The van der Waals surface area contributed by atoms with Gasteiger partial charge in [-0.25, -0.2) is 9.97 Å². The van der Waals surface area contributed by atoms with E-state index in [1.165, 1.54) is 17.4 Å². The van der Waals surface area contributed by atoms with Crippen LogP contribution >= 0.6 is 11.3 Å². The Kier molecular flexibility index (Phi) is 6.69. The summed E-state index contributed by atoms with van der Waals surface area (Å²) >= 11 is 1.34. The normalized spacial score (nSPS) is 16.7. The number of carbonyl (C=O) groups is 2. The predicted octanol–water partition coefficient (Wildman–Crippen LogP) is 4.71. The third-order valence-corrected chi connectivity index (χ3v) is 8.22. The fourth-order valence-electron chi connectivity index (χ4n) is 5.27. The summed E-state index contributed by atoms with van der Waals surface area (Å²) in [6.45, 7) is 9.78. The van der Waals surface area contributed by atoms with E-state index < -0.39 is 0 Å². The van der Waals surface area contributed by atoms with Crippen molar-refractivity contribution in [2.45, 2.75) is 38.3 Å². The van der Waals surface area contributed by atoms with Gasteiger partial charge >= 0.3 is 0 Å². The molecule has 2 amide bonds.